The van der Waals surface area contributed by atoms with E-state index in [2.05, 4.69) is 15.3 Å². The largest absolute Gasteiger partial charge is 0.477 e. The number of nitriles is 1. The number of rotatable bonds is 6. The maximum absolute atomic E-state index is 13.3. The van der Waals surface area contributed by atoms with Crippen LogP contribution in [0.25, 0.3) is 0 Å². The van der Waals surface area contributed by atoms with Gasteiger partial charge >= 0.3 is 0 Å². The van der Waals surface area contributed by atoms with E-state index in [4.69, 9.17) is 10.00 Å². The molecule has 0 radical (unpaired) electrons. The van der Waals surface area contributed by atoms with Gasteiger partial charge in [-0.05, 0) is 48.8 Å². The van der Waals surface area contributed by atoms with E-state index in [0.717, 1.165) is 18.9 Å². The standard InChI is InChI=1S/C20H18F2N4O2/c21-15-1-12(2-16(22)3-15)9-24-19(27)20-5-13(6-20)14(7-20)10-28-18-4-17(8-23)25-11-26-18/h1-4,11,13-14H,5-7,9-10H2,(H,24,27). The van der Waals surface area contributed by atoms with Crippen molar-refractivity contribution < 1.29 is 18.3 Å². The van der Waals surface area contributed by atoms with E-state index >= 15 is 0 Å². The average Bonchev–Trinajstić information content (AvgIpc) is 3.20. The number of fused-ring (bicyclic) bond motifs is 1. The molecule has 1 N–H and O–H groups in total. The second kappa shape index (κ2) is 7.15. The van der Waals surface area contributed by atoms with Crippen LogP contribution in [0.3, 0.4) is 0 Å². The zero-order chi connectivity index (χ0) is 19.7. The van der Waals surface area contributed by atoms with Crippen molar-refractivity contribution in [2.45, 2.75) is 25.8 Å². The normalized spacial score (nSPS) is 24.9. The summed E-state index contributed by atoms with van der Waals surface area (Å²) in [6, 6.07) is 6.66. The van der Waals surface area contributed by atoms with Crippen molar-refractivity contribution in [2.75, 3.05) is 6.61 Å². The van der Waals surface area contributed by atoms with Gasteiger partial charge in [0.2, 0.25) is 11.8 Å². The molecule has 1 aromatic heterocycles. The van der Waals surface area contributed by atoms with Gasteiger partial charge in [0.15, 0.2) is 0 Å². The van der Waals surface area contributed by atoms with Gasteiger partial charge in [-0.15, -0.1) is 0 Å². The highest BCUT2D eigenvalue weighted by Crippen LogP contribution is 2.61. The van der Waals surface area contributed by atoms with Gasteiger partial charge < -0.3 is 10.1 Å². The van der Waals surface area contributed by atoms with Crippen molar-refractivity contribution in [3.05, 3.63) is 53.5 Å². The molecule has 3 aliphatic rings. The van der Waals surface area contributed by atoms with Crippen LogP contribution in [0.15, 0.2) is 30.6 Å². The van der Waals surface area contributed by atoms with Crippen molar-refractivity contribution in [1.29, 1.82) is 5.26 Å². The van der Waals surface area contributed by atoms with E-state index in [0.29, 0.717) is 30.4 Å². The van der Waals surface area contributed by atoms with Gasteiger partial charge in [-0.1, -0.05) is 0 Å². The summed E-state index contributed by atoms with van der Waals surface area (Å²) in [6.45, 7) is 0.523. The van der Waals surface area contributed by atoms with Gasteiger partial charge in [-0.2, -0.15) is 5.26 Å². The van der Waals surface area contributed by atoms with Crippen molar-refractivity contribution in [3.63, 3.8) is 0 Å². The number of carbonyl (C=O) groups excluding carboxylic acids is 1. The lowest BCUT2D eigenvalue weighted by Crippen LogP contribution is -2.44. The maximum Gasteiger partial charge on any atom is 0.226 e. The quantitative estimate of drug-likeness (QED) is 0.827. The average molecular weight is 384 g/mol. The third-order valence-corrected chi connectivity index (χ3v) is 5.68. The summed E-state index contributed by atoms with van der Waals surface area (Å²) in [5.74, 6) is -0.401. The summed E-state index contributed by atoms with van der Waals surface area (Å²) in [7, 11) is 0. The minimum absolute atomic E-state index is 0.0790. The van der Waals surface area contributed by atoms with Gasteiger partial charge in [0.25, 0.3) is 0 Å². The first-order valence-corrected chi connectivity index (χ1v) is 9.06. The highest BCUT2D eigenvalue weighted by atomic mass is 19.1. The Morgan fingerprint density at radius 3 is 2.68 bits per heavy atom. The van der Waals surface area contributed by atoms with E-state index < -0.39 is 17.0 Å². The third-order valence-electron chi connectivity index (χ3n) is 5.68. The van der Waals surface area contributed by atoms with Crippen LogP contribution in [0.2, 0.25) is 0 Å². The van der Waals surface area contributed by atoms with Crippen LogP contribution in [-0.2, 0) is 11.3 Å². The Balaban J connectivity index is 1.31. The van der Waals surface area contributed by atoms with Crippen LogP contribution in [0, 0.1) is 40.2 Å². The maximum atomic E-state index is 13.3. The SMILES string of the molecule is N#Cc1cc(OCC2CC3(C(=O)NCc4cc(F)cc(F)c4)CC2C3)ncn1. The Morgan fingerprint density at radius 2 is 1.96 bits per heavy atom. The Morgan fingerprint density at radius 1 is 1.21 bits per heavy atom. The number of aromatic nitrogens is 2. The number of hydrogen-bond acceptors (Lipinski definition) is 5. The molecular weight excluding hydrogens is 366 g/mol. The Labute approximate surface area is 160 Å². The molecule has 1 unspecified atom stereocenters. The summed E-state index contributed by atoms with van der Waals surface area (Å²) in [4.78, 5) is 20.4. The number of benzene rings is 1. The Bertz CT molecular complexity index is 933. The minimum Gasteiger partial charge on any atom is -0.477 e. The fourth-order valence-corrected chi connectivity index (χ4v) is 4.34. The van der Waals surface area contributed by atoms with Crippen LogP contribution < -0.4 is 10.1 Å². The van der Waals surface area contributed by atoms with E-state index in [9.17, 15) is 13.6 Å². The number of ether oxygens (including phenoxy) is 1. The molecule has 0 spiro atoms. The number of nitrogens with zero attached hydrogens (tertiary/aromatic N) is 3. The summed E-state index contributed by atoms with van der Waals surface area (Å²) in [5.41, 5.74) is 0.215. The van der Waals surface area contributed by atoms with Crippen molar-refractivity contribution in [3.8, 4) is 11.9 Å². The zero-order valence-corrected chi connectivity index (χ0v) is 15.0. The molecule has 2 bridgehead atoms. The van der Waals surface area contributed by atoms with E-state index in [1.807, 2.05) is 6.07 Å². The molecule has 5 rings (SSSR count). The monoisotopic (exact) mass is 384 g/mol. The molecule has 1 heterocycles. The zero-order valence-electron chi connectivity index (χ0n) is 15.0. The molecular formula is C20H18F2N4O2. The molecule has 1 amide bonds. The number of halogens is 2. The fourth-order valence-electron chi connectivity index (χ4n) is 4.34. The van der Waals surface area contributed by atoms with Gasteiger partial charge in [0.05, 0.1) is 12.0 Å². The second-order valence-electron chi connectivity index (χ2n) is 7.54. The van der Waals surface area contributed by atoms with Crippen LogP contribution in [-0.4, -0.2) is 22.5 Å². The number of amides is 1. The van der Waals surface area contributed by atoms with Crippen LogP contribution in [0.4, 0.5) is 8.78 Å². The summed E-state index contributed by atoms with van der Waals surface area (Å²) in [5, 5.41) is 11.7. The van der Waals surface area contributed by atoms with Gasteiger partial charge in [0.1, 0.15) is 29.7 Å². The first kappa shape index (κ1) is 18.3. The van der Waals surface area contributed by atoms with Crippen LogP contribution in [0.5, 0.6) is 5.88 Å². The highest BCUT2D eigenvalue weighted by Gasteiger charge is 2.60. The minimum atomic E-state index is -0.659. The molecule has 144 valence electrons. The van der Waals surface area contributed by atoms with Gasteiger partial charge in [-0.25, -0.2) is 18.7 Å². The first-order valence-electron chi connectivity index (χ1n) is 9.06. The molecule has 2 aromatic rings. The molecule has 3 saturated carbocycles. The summed E-state index contributed by atoms with van der Waals surface area (Å²) >= 11 is 0. The van der Waals surface area contributed by atoms with Crippen LogP contribution in [0.1, 0.15) is 30.5 Å². The Hall–Kier alpha value is -3.08. The van der Waals surface area contributed by atoms with E-state index in [1.54, 1.807) is 0 Å². The predicted octanol–water partition coefficient (Wildman–Crippen LogP) is 2.74. The van der Waals surface area contributed by atoms with Crippen molar-refractivity contribution in [2.24, 2.45) is 17.3 Å². The highest BCUT2D eigenvalue weighted by molar-refractivity contribution is 5.84. The number of hydrogen-bond donors (Lipinski definition) is 1. The fraction of sp³-hybridized carbons (Fsp3) is 0.400. The summed E-state index contributed by atoms with van der Waals surface area (Å²) < 4.78 is 32.2. The van der Waals surface area contributed by atoms with Crippen LogP contribution >= 0.6 is 0 Å². The molecule has 6 nitrogen and oxygen atoms in total. The number of nitrogens with one attached hydrogen (secondary N) is 1. The molecule has 28 heavy (non-hydrogen) atoms. The van der Waals surface area contributed by atoms with Gasteiger partial charge in [0, 0.05) is 18.7 Å². The molecule has 0 aliphatic heterocycles. The molecule has 8 heteroatoms. The summed E-state index contributed by atoms with van der Waals surface area (Å²) in [6.07, 6.45) is 3.57. The predicted molar refractivity (Wildman–Crippen MR) is 93.7 cm³/mol. The van der Waals surface area contributed by atoms with Crippen molar-refractivity contribution in [1.82, 2.24) is 15.3 Å². The second-order valence-corrected chi connectivity index (χ2v) is 7.54. The molecule has 3 aliphatic carbocycles. The number of carbonyl (C=O) groups is 1. The lowest BCUT2D eigenvalue weighted by atomic mass is 9.68. The molecule has 1 atom stereocenters. The van der Waals surface area contributed by atoms with Crippen molar-refractivity contribution >= 4 is 5.91 Å². The lowest BCUT2D eigenvalue weighted by molar-refractivity contribution is -0.135. The Kier molecular flexibility index (Phi) is 4.67. The smallest absolute Gasteiger partial charge is 0.226 e. The molecule has 0 saturated heterocycles. The van der Waals surface area contributed by atoms with E-state index in [-0.39, 0.29) is 24.1 Å². The van der Waals surface area contributed by atoms with Gasteiger partial charge in [-0.3, -0.25) is 4.79 Å². The molecule has 3 fully saturated rings. The third kappa shape index (κ3) is 3.52. The van der Waals surface area contributed by atoms with E-state index in [1.165, 1.54) is 24.5 Å². The molecule has 1 aromatic carbocycles. The topological polar surface area (TPSA) is 87.9 Å². The first-order chi connectivity index (χ1) is 13.5. The lowest BCUT2D eigenvalue weighted by Gasteiger charge is -2.37.